The fraction of sp³-hybridized carbons (Fsp3) is 0.357. The Balaban J connectivity index is 2.11. The van der Waals surface area contributed by atoms with Crippen molar-refractivity contribution in [1.82, 2.24) is 10.3 Å². The van der Waals surface area contributed by atoms with Gasteiger partial charge >= 0.3 is 0 Å². The summed E-state index contributed by atoms with van der Waals surface area (Å²) in [5.41, 5.74) is 2.21. The first-order valence-electron chi connectivity index (χ1n) is 6.23. The molecule has 0 aliphatic heterocycles. The standard InChI is InChI=1S/C14H17BrN2OS/c1-3-6-16-8-11-9-19-14(17-11)10-4-5-13(18-2)12(15)7-10/h4-5,7,9,16H,3,6,8H2,1-2H3. The third-order valence-electron chi connectivity index (χ3n) is 2.68. The molecule has 102 valence electrons. The molecule has 0 spiro atoms. The Kier molecular flexibility index (Phi) is 5.36. The van der Waals surface area contributed by atoms with Crippen molar-refractivity contribution in [3.8, 4) is 16.3 Å². The first kappa shape index (κ1) is 14.5. The summed E-state index contributed by atoms with van der Waals surface area (Å²) in [6.07, 6.45) is 1.14. The maximum atomic E-state index is 5.23. The van der Waals surface area contributed by atoms with Gasteiger partial charge in [0.1, 0.15) is 10.8 Å². The Hall–Kier alpha value is -0.910. The van der Waals surface area contributed by atoms with Gasteiger partial charge in [0, 0.05) is 17.5 Å². The zero-order chi connectivity index (χ0) is 13.7. The van der Waals surface area contributed by atoms with Gasteiger partial charge in [0.25, 0.3) is 0 Å². The lowest BCUT2D eigenvalue weighted by Crippen LogP contribution is -2.13. The number of halogens is 1. The van der Waals surface area contributed by atoms with E-state index in [1.54, 1.807) is 18.4 Å². The van der Waals surface area contributed by atoms with Crippen LogP contribution in [-0.4, -0.2) is 18.6 Å². The second-order valence-electron chi connectivity index (χ2n) is 4.17. The van der Waals surface area contributed by atoms with Crippen LogP contribution in [0.5, 0.6) is 5.75 Å². The van der Waals surface area contributed by atoms with Crippen LogP contribution in [0.25, 0.3) is 10.6 Å². The maximum absolute atomic E-state index is 5.23. The van der Waals surface area contributed by atoms with Crippen molar-refractivity contribution in [3.05, 3.63) is 33.7 Å². The molecule has 0 unspecified atom stereocenters. The van der Waals surface area contributed by atoms with Gasteiger partial charge < -0.3 is 10.1 Å². The van der Waals surface area contributed by atoms with Crippen LogP contribution >= 0.6 is 27.3 Å². The molecule has 0 bridgehead atoms. The van der Waals surface area contributed by atoms with Crippen LogP contribution < -0.4 is 10.1 Å². The Morgan fingerprint density at radius 2 is 2.26 bits per heavy atom. The van der Waals surface area contributed by atoms with E-state index in [-0.39, 0.29) is 0 Å². The molecule has 5 heteroatoms. The SMILES string of the molecule is CCCNCc1csc(-c2ccc(OC)c(Br)c2)n1. The van der Waals surface area contributed by atoms with Crippen molar-refractivity contribution >= 4 is 27.3 Å². The summed E-state index contributed by atoms with van der Waals surface area (Å²) in [5.74, 6) is 0.838. The van der Waals surface area contributed by atoms with Crippen molar-refractivity contribution in [2.45, 2.75) is 19.9 Å². The number of thiazole rings is 1. The molecular formula is C14H17BrN2OS. The molecule has 0 atom stereocenters. The highest BCUT2D eigenvalue weighted by atomic mass is 79.9. The molecule has 1 aromatic heterocycles. The van der Waals surface area contributed by atoms with Crippen molar-refractivity contribution in [2.24, 2.45) is 0 Å². The Morgan fingerprint density at radius 3 is 2.95 bits per heavy atom. The van der Waals surface area contributed by atoms with Gasteiger partial charge in [-0.05, 0) is 47.1 Å². The van der Waals surface area contributed by atoms with E-state index in [9.17, 15) is 0 Å². The number of ether oxygens (including phenoxy) is 1. The molecule has 1 N–H and O–H groups in total. The quantitative estimate of drug-likeness (QED) is 0.804. The molecule has 0 aliphatic rings. The van der Waals surface area contributed by atoms with Gasteiger partial charge in [-0.1, -0.05) is 6.92 Å². The lowest BCUT2D eigenvalue weighted by molar-refractivity contribution is 0.412. The number of nitrogens with zero attached hydrogens (tertiary/aromatic N) is 1. The van der Waals surface area contributed by atoms with E-state index in [1.165, 1.54) is 0 Å². The number of hydrogen-bond acceptors (Lipinski definition) is 4. The zero-order valence-corrected chi connectivity index (χ0v) is 13.5. The molecule has 1 aromatic carbocycles. The molecule has 19 heavy (non-hydrogen) atoms. The lowest BCUT2D eigenvalue weighted by atomic mass is 10.2. The van der Waals surface area contributed by atoms with Crippen LogP contribution in [0.1, 0.15) is 19.0 Å². The van der Waals surface area contributed by atoms with Crippen molar-refractivity contribution in [3.63, 3.8) is 0 Å². The molecule has 3 nitrogen and oxygen atoms in total. The van der Waals surface area contributed by atoms with Gasteiger partial charge in [0.15, 0.2) is 0 Å². The molecule has 0 saturated heterocycles. The number of hydrogen-bond donors (Lipinski definition) is 1. The largest absolute Gasteiger partial charge is 0.496 e. The minimum atomic E-state index is 0.835. The molecule has 0 fully saturated rings. The molecule has 0 aliphatic carbocycles. The summed E-state index contributed by atoms with van der Waals surface area (Å²) in [4.78, 5) is 4.64. The van der Waals surface area contributed by atoms with Crippen molar-refractivity contribution < 1.29 is 4.74 Å². The van der Waals surface area contributed by atoms with E-state index in [0.29, 0.717) is 0 Å². The van der Waals surface area contributed by atoms with E-state index in [1.807, 2.05) is 18.2 Å². The van der Waals surface area contributed by atoms with Crippen LogP contribution in [-0.2, 0) is 6.54 Å². The van der Waals surface area contributed by atoms with E-state index in [2.05, 4.69) is 38.5 Å². The van der Waals surface area contributed by atoms with Crippen molar-refractivity contribution in [1.29, 1.82) is 0 Å². The molecule has 2 rings (SSSR count). The van der Waals surface area contributed by atoms with Gasteiger partial charge in [-0.15, -0.1) is 11.3 Å². The fourth-order valence-electron chi connectivity index (χ4n) is 1.71. The summed E-state index contributed by atoms with van der Waals surface area (Å²) >= 11 is 5.17. The zero-order valence-electron chi connectivity index (χ0n) is 11.1. The number of aromatic nitrogens is 1. The molecule has 0 radical (unpaired) electrons. The second kappa shape index (κ2) is 7.03. The third kappa shape index (κ3) is 3.78. The topological polar surface area (TPSA) is 34.1 Å². The summed E-state index contributed by atoms with van der Waals surface area (Å²) in [7, 11) is 1.67. The monoisotopic (exact) mass is 340 g/mol. The average molecular weight is 341 g/mol. The second-order valence-corrected chi connectivity index (χ2v) is 5.88. The number of methoxy groups -OCH3 is 1. The Morgan fingerprint density at radius 1 is 1.42 bits per heavy atom. The Bertz CT molecular complexity index is 542. The number of rotatable bonds is 6. The minimum absolute atomic E-state index is 0.835. The normalized spacial score (nSPS) is 10.7. The van der Waals surface area contributed by atoms with E-state index in [0.717, 1.165) is 46.0 Å². The van der Waals surface area contributed by atoms with E-state index in [4.69, 9.17) is 4.74 Å². The maximum Gasteiger partial charge on any atom is 0.133 e. The molecule has 0 saturated carbocycles. The van der Waals surface area contributed by atoms with Gasteiger partial charge in [0.05, 0.1) is 17.3 Å². The average Bonchev–Trinajstić information content (AvgIpc) is 2.88. The fourth-order valence-corrected chi connectivity index (χ4v) is 3.07. The van der Waals surface area contributed by atoms with Crippen LogP contribution in [0.15, 0.2) is 28.1 Å². The minimum Gasteiger partial charge on any atom is -0.496 e. The third-order valence-corrected chi connectivity index (χ3v) is 4.24. The first-order valence-corrected chi connectivity index (χ1v) is 7.91. The van der Waals surface area contributed by atoms with Gasteiger partial charge in [0.2, 0.25) is 0 Å². The van der Waals surface area contributed by atoms with E-state index < -0.39 is 0 Å². The van der Waals surface area contributed by atoms with Crippen LogP contribution in [0.3, 0.4) is 0 Å². The molecular weight excluding hydrogens is 324 g/mol. The predicted molar refractivity (Wildman–Crippen MR) is 83.8 cm³/mol. The summed E-state index contributed by atoms with van der Waals surface area (Å²) in [5, 5.41) is 6.51. The number of nitrogens with one attached hydrogen (secondary N) is 1. The highest BCUT2D eigenvalue weighted by molar-refractivity contribution is 9.10. The van der Waals surface area contributed by atoms with Crippen LogP contribution in [0.2, 0.25) is 0 Å². The van der Waals surface area contributed by atoms with Crippen LogP contribution in [0, 0.1) is 0 Å². The van der Waals surface area contributed by atoms with Crippen molar-refractivity contribution in [2.75, 3.05) is 13.7 Å². The molecule has 1 heterocycles. The first-order chi connectivity index (χ1) is 9.24. The molecule has 0 amide bonds. The Labute approximate surface area is 126 Å². The highest BCUT2D eigenvalue weighted by Crippen LogP contribution is 2.31. The summed E-state index contributed by atoms with van der Waals surface area (Å²) in [6, 6.07) is 6.03. The summed E-state index contributed by atoms with van der Waals surface area (Å²) < 4.78 is 6.18. The summed E-state index contributed by atoms with van der Waals surface area (Å²) in [6.45, 7) is 4.02. The number of benzene rings is 1. The lowest BCUT2D eigenvalue weighted by Gasteiger charge is -2.04. The molecule has 2 aromatic rings. The van der Waals surface area contributed by atoms with Gasteiger partial charge in [-0.2, -0.15) is 0 Å². The van der Waals surface area contributed by atoms with Gasteiger partial charge in [-0.3, -0.25) is 0 Å². The van der Waals surface area contributed by atoms with E-state index >= 15 is 0 Å². The predicted octanol–water partition coefficient (Wildman–Crippen LogP) is 4.08. The smallest absolute Gasteiger partial charge is 0.133 e. The van der Waals surface area contributed by atoms with Crippen LogP contribution in [0.4, 0.5) is 0 Å². The highest BCUT2D eigenvalue weighted by Gasteiger charge is 2.07. The van der Waals surface area contributed by atoms with Gasteiger partial charge in [-0.25, -0.2) is 4.98 Å².